The fourth-order valence-corrected chi connectivity index (χ4v) is 3.62. The molecule has 0 bridgehead atoms. The smallest absolute Gasteiger partial charge is 0.338 e. The zero-order valence-electron chi connectivity index (χ0n) is 16.4. The zero-order chi connectivity index (χ0) is 20.4. The van der Waals surface area contributed by atoms with Crippen LogP contribution in [0.15, 0.2) is 72.8 Å². The van der Waals surface area contributed by atoms with Gasteiger partial charge in [0.05, 0.1) is 12.2 Å². The molecule has 0 saturated heterocycles. The average Bonchev–Trinajstić information content (AvgIpc) is 3.01. The molecule has 0 fully saturated rings. The summed E-state index contributed by atoms with van der Waals surface area (Å²) in [6.07, 6.45) is -0.340. The Morgan fingerprint density at radius 2 is 1.69 bits per heavy atom. The number of rotatable bonds is 5. The van der Waals surface area contributed by atoms with E-state index in [0.29, 0.717) is 17.7 Å². The molecule has 146 valence electrons. The van der Waals surface area contributed by atoms with Gasteiger partial charge in [0.25, 0.3) is 5.91 Å². The standard InChI is InChI=1S/C24H22N2O3/c1-3-29-24(28)17-12-14-18(15-13-17)25-22-19-9-5-6-10-20(19)23(27)26(22)21-11-7-4-8-16(21)2/h4-15,22,25H,3H2,1-2H3. The highest BCUT2D eigenvalue weighted by molar-refractivity contribution is 6.11. The van der Waals surface area contributed by atoms with Gasteiger partial charge < -0.3 is 10.1 Å². The molecule has 1 heterocycles. The number of nitrogens with one attached hydrogen (secondary N) is 1. The number of carbonyl (C=O) groups excluding carboxylic acids is 2. The molecular weight excluding hydrogens is 364 g/mol. The third-order valence-corrected chi connectivity index (χ3v) is 5.04. The van der Waals surface area contributed by atoms with Crippen LogP contribution < -0.4 is 10.2 Å². The van der Waals surface area contributed by atoms with E-state index >= 15 is 0 Å². The normalized spacial score (nSPS) is 15.2. The van der Waals surface area contributed by atoms with Crippen LogP contribution in [0.1, 0.15) is 44.9 Å². The number of benzene rings is 3. The summed E-state index contributed by atoms with van der Waals surface area (Å²) in [5.41, 5.74) is 4.82. The summed E-state index contributed by atoms with van der Waals surface area (Å²) < 4.78 is 5.04. The average molecular weight is 386 g/mol. The molecule has 0 aliphatic carbocycles. The largest absolute Gasteiger partial charge is 0.462 e. The lowest BCUT2D eigenvalue weighted by molar-refractivity contribution is 0.0526. The van der Waals surface area contributed by atoms with Crippen molar-refractivity contribution >= 4 is 23.3 Å². The van der Waals surface area contributed by atoms with Gasteiger partial charge in [0.2, 0.25) is 0 Å². The lowest BCUT2D eigenvalue weighted by Gasteiger charge is -2.28. The fraction of sp³-hybridized carbons (Fsp3) is 0.167. The van der Waals surface area contributed by atoms with E-state index in [1.54, 1.807) is 24.0 Å². The van der Waals surface area contributed by atoms with Gasteiger partial charge in [-0.15, -0.1) is 0 Å². The number of aryl methyl sites for hydroxylation is 1. The molecule has 0 saturated carbocycles. The van der Waals surface area contributed by atoms with Crippen LogP contribution in [-0.2, 0) is 4.74 Å². The Kier molecular flexibility index (Phi) is 5.04. The van der Waals surface area contributed by atoms with Crippen LogP contribution in [-0.4, -0.2) is 18.5 Å². The van der Waals surface area contributed by atoms with Gasteiger partial charge in [-0.1, -0.05) is 36.4 Å². The van der Waals surface area contributed by atoms with Gasteiger partial charge in [-0.2, -0.15) is 0 Å². The molecule has 1 unspecified atom stereocenters. The van der Waals surface area contributed by atoms with Gasteiger partial charge in [0.15, 0.2) is 0 Å². The molecular formula is C24H22N2O3. The molecule has 4 rings (SSSR count). The molecule has 1 N–H and O–H groups in total. The van der Waals surface area contributed by atoms with Crippen molar-refractivity contribution in [1.29, 1.82) is 0 Å². The minimum Gasteiger partial charge on any atom is -0.462 e. The topological polar surface area (TPSA) is 58.6 Å². The molecule has 0 spiro atoms. The highest BCUT2D eigenvalue weighted by atomic mass is 16.5. The van der Waals surface area contributed by atoms with Crippen LogP contribution in [0.4, 0.5) is 11.4 Å². The third-order valence-electron chi connectivity index (χ3n) is 5.04. The van der Waals surface area contributed by atoms with E-state index in [2.05, 4.69) is 5.32 Å². The quantitative estimate of drug-likeness (QED) is 0.631. The zero-order valence-corrected chi connectivity index (χ0v) is 16.4. The summed E-state index contributed by atoms with van der Waals surface area (Å²) in [6.45, 7) is 4.12. The van der Waals surface area contributed by atoms with Crippen molar-refractivity contribution in [2.24, 2.45) is 0 Å². The molecule has 1 atom stereocenters. The maximum atomic E-state index is 13.2. The molecule has 1 aliphatic heterocycles. The maximum absolute atomic E-state index is 13.2. The number of esters is 1. The Morgan fingerprint density at radius 1 is 1.00 bits per heavy atom. The molecule has 0 aromatic heterocycles. The van der Waals surface area contributed by atoms with Crippen LogP contribution in [0.25, 0.3) is 0 Å². The van der Waals surface area contributed by atoms with Crippen LogP contribution in [0.2, 0.25) is 0 Å². The van der Waals surface area contributed by atoms with Crippen molar-refractivity contribution in [3.63, 3.8) is 0 Å². The summed E-state index contributed by atoms with van der Waals surface area (Å²) in [7, 11) is 0. The van der Waals surface area contributed by atoms with E-state index in [1.807, 2.05) is 67.6 Å². The molecule has 0 radical (unpaired) electrons. The fourth-order valence-electron chi connectivity index (χ4n) is 3.62. The second-order valence-corrected chi connectivity index (χ2v) is 6.89. The van der Waals surface area contributed by atoms with Crippen molar-refractivity contribution in [3.8, 4) is 0 Å². The summed E-state index contributed by atoms with van der Waals surface area (Å²) in [6, 6.07) is 22.6. The predicted molar refractivity (Wildman–Crippen MR) is 113 cm³/mol. The number of para-hydroxylation sites is 1. The number of fused-ring (bicyclic) bond motifs is 1. The Labute approximate surface area is 169 Å². The van der Waals surface area contributed by atoms with E-state index in [9.17, 15) is 9.59 Å². The maximum Gasteiger partial charge on any atom is 0.338 e. The summed E-state index contributed by atoms with van der Waals surface area (Å²) >= 11 is 0. The number of hydrogen-bond donors (Lipinski definition) is 1. The van der Waals surface area contributed by atoms with Crippen LogP contribution in [0, 0.1) is 6.92 Å². The van der Waals surface area contributed by atoms with E-state index < -0.39 is 0 Å². The first-order valence-corrected chi connectivity index (χ1v) is 9.62. The first-order chi connectivity index (χ1) is 14.1. The number of anilines is 2. The van der Waals surface area contributed by atoms with Gasteiger partial charge in [-0.05, 0) is 55.8 Å². The molecule has 3 aromatic rings. The Balaban J connectivity index is 1.69. The Morgan fingerprint density at radius 3 is 2.41 bits per heavy atom. The monoisotopic (exact) mass is 386 g/mol. The Bertz CT molecular complexity index is 1060. The van der Waals surface area contributed by atoms with Crippen LogP contribution in [0.5, 0.6) is 0 Å². The minimum absolute atomic E-state index is 0.0319. The molecule has 1 amide bonds. The van der Waals surface area contributed by atoms with Crippen molar-refractivity contribution < 1.29 is 14.3 Å². The van der Waals surface area contributed by atoms with E-state index in [0.717, 1.165) is 22.5 Å². The lowest BCUT2D eigenvalue weighted by Crippen LogP contribution is -2.32. The molecule has 1 aliphatic rings. The summed E-state index contributed by atoms with van der Waals surface area (Å²) in [5, 5.41) is 3.45. The molecule has 5 heteroatoms. The predicted octanol–water partition coefficient (Wildman–Crippen LogP) is 4.94. The van der Waals surface area contributed by atoms with Crippen molar-refractivity contribution in [2.75, 3.05) is 16.8 Å². The van der Waals surface area contributed by atoms with Crippen molar-refractivity contribution in [3.05, 3.63) is 95.1 Å². The Hall–Kier alpha value is -3.60. The van der Waals surface area contributed by atoms with Gasteiger partial charge in [-0.3, -0.25) is 9.69 Å². The van der Waals surface area contributed by atoms with E-state index in [1.165, 1.54) is 0 Å². The summed E-state index contributed by atoms with van der Waals surface area (Å²) in [5.74, 6) is -0.377. The van der Waals surface area contributed by atoms with Crippen molar-refractivity contribution in [2.45, 2.75) is 20.0 Å². The SMILES string of the molecule is CCOC(=O)c1ccc(NC2c3ccccc3C(=O)N2c2ccccc2C)cc1. The second kappa shape index (κ2) is 7.80. The van der Waals surface area contributed by atoms with E-state index in [4.69, 9.17) is 4.74 Å². The van der Waals surface area contributed by atoms with Crippen LogP contribution in [0.3, 0.4) is 0 Å². The number of amides is 1. The molecule has 29 heavy (non-hydrogen) atoms. The first-order valence-electron chi connectivity index (χ1n) is 9.62. The third kappa shape index (κ3) is 3.47. The lowest BCUT2D eigenvalue weighted by atomic mass is 10.1. The number of ether oxygens (including phenoxy) is 1. The van der Waals surface area contributed by atoms with E-state index in [-0.39, 0.29) is 18.0 Å². The van der Waals surface area contributed by atoms with Crippen LogP contribution >= 0.6 is 0 Å². The number of hydrogen-bond acceptors (Lipinski definition) is 4. The van der Waals surface area contributed by atoms with Gasteiger partial charge >= 0.3 is 5.97 Å². The number of carbonyl (C=O) groups is 2. The number of nitrogens with zero attached hydrogens (tertiary/aromatic N) is 1. The summed E-state index contributed by atoms with van der Waals surface area (Å²) in [4.78, 5) is 26.9. The van der Waals surface area contributed by atoms with Crippen molar-refractivity contribution in [1.82, 2.24) is 0 Å². The highest BCUT2D eigenvalue weighted by Crippen LogP contribution is 2.39. The van der Waals surface area contributed by atoms with Gasteiger partial charge in [0.1, 0.15) is 6.17 Å². The molecule has 3 aromatic carbocycles. The van der Waals surface area contributed by atoms with Gasteiger partial charge in [0, 0.05) is 22.5 Å². The van der Waals surface area contributed by atoms with Gasteiger partial charge in [-0.25, -0.2) is 4.79 Å². The first kappa shape index (κ1) is 18.7. The second-order valence-electron chi connectivity index (χ2n) is 6.89. The highest BCUT2D eigenvalue weighted by Gasteiger charge is 2.38. The minimum atomic E-state index is -0.345. The molecule has 5 nitrogen and oxygen atoms in total.